The smallest absolute Gasteiger partial charge is 0.120 e. The zero-order chi connectivity index (χ0) is 12.4. The van der Waals surface area contributed by atoms with Crippen LogP contribution in [0.25, 0.3) is 0 Å². The average molecular weight is 298 g/mol. The fourth-order valence-electron chi connectivity index (χ4n) is 2.47. The van der Waals surface area contributed by atoms with Crippen LogP contribution in [0.4, 0.5) is 0 Å². The molecule has 1 aromatic rings. The number of likely N-dealkylation sites (tertiary alicyclic amines) is 1. The minimum Gasteiger partial charge on any atom is -0.508 e. The lowest BCUT2D eigenvalue weighted by molar-refractivity contribution is 0.145. The predicted molar refractivity (Wildman–Crippen MR) is 74.2 cm³/mol. The van der Waals surface area contributed by atoms with E-state index in [4.69, 9.17) is 0 Å². The van der Waals surface area contributed by atoms with Gasteiger partial charge >= 0.3 is 0 Å². The lowest BCUT2D eigenvalue weighted by atomic mass is 9.96. The number of aromatic hydroxyl groups is 1. The topological polar surface area (TPSA) is 23.5 Å². The summed E-state index contributed by atoms with van der Waals surface area (Å²) in [5, 5.41) is 9.94. The summed E-state index contributed by atoms with van der Waals surface area (Å²) in [5.74, 6) is 1.24. The highest BCUT2D eigenvalue weighted by Gasteiger charge is 2.23. The van der Waals surface area contributed by atoms with Crippen molar-refractivity contribution in [3.05, 3.63) is 28.2 Å². The Kier molecular flexibility index (Phi) is 4.10. The van der Waals surface area contributed by atoms with E-state index in [-0.39, 0.29) is 0 Å². The van der Waals surface area contributed by atoms with Gasteiger partial charge in [0.25, 0.3) is 0 Å². The third kappa shape index (κ3) is 3.02. The number of hydrogen-bond acceptors (Lipinski definition) is 2. The van der Waals surface area contributed by atoms with E-state index < -0.39 is 0 Å². The van der Waals surface area contributed by atoms with Crippen molar-refractivity contribution < 1.29 is 5.11 Å². The molecule has 0 amide bonds. The first-order valence-corrected chi connectivity index (χ1v) is 7.09. The Morgan fingerprint density at radius 1 is 1.35 bits per heavy atom. The van der Waals surface area contributed by atoms with Crippen molar-refractivity contribution in [3.8, 4) is 5.75 Å². The van der Waals surface area contributed by atoms with E-state index in [1.54, 1.807) is 6.07 Å². The molecule has 0 aliphatic carbocycles. The summed E-state index contributed by atoms with van der Waals surface area (Å²) >= 11 is 3.47. The molecule has 2 nitrogen and oxygen atoms in total. The van der Waals surface area contributed by atoms with Crippen molar-refractivity contribution in [2.24, 2.45) is 5.92 Å². The van der Waals surface area contributed by atoms with Crippen LogP contribution in [0.1, 0.15) is 38.3 Å². The lowest BCUT2D eigenvalue weighted by Crippen LogP contribution is -2.35. The maximum atomic E-state index is 9.94. The third-order valence-corrected chi connectivity index (χ3v) is 4.30. The molecule has 1 aromatic carbocycles. The van der Waals surface area contributed by atoms with Crippen LogP contribution in [0.3, 0.4) is 0 Å². The van der Waals surface area contributed by atoms with Gasteiger partial charge in [0.15, 0.2) is 0 Å². The average Bonchev–Trinajstić information content (AvgIpc) is 2.32. The van der Waals surface area contributed by atoms with Gasteiger partial charge in [-0.15, -0.1) is 0 Å². The number of hydrogen-bond donors (Lipinski definition) is 1. The number of piperidine rings is 1. The molecular formula is C14H20BrNO. The van der Waals surface area contributed by atoms with Crippen molar-refractivity contribution in [2.75, 3.05) is 13.1 Å². The third-order valence-electron chi connectivity index (χ3n) is 3.81. The molecule has 1 saturated heterocycles. The summed E-state index contributed by atoms with van der Waals surface area (Å²) in [7, 11) is 0. The first kappa shape index (κ1) is 12.9. The van der Waals surface area contributed by atoms with Gasteiger partial charge in [0.05, 0.1) is 0 Å². The molecule has 1 fully saturated rings. The summed E-state index contributed by atoms with van der Waals surface area (Å²) in [6.45, 7) is 6.76. The van der Waals surface area contributed by atoms with E-state index >= 15 is 0 Å². The summed E-state index contributed by atoms with van der Waals surface area (Å²) in [6.07, 6.45) is 2.53. The van der Waals surface area contributed by atoms with Crippen molar-refractivity contribution >= 4 is 15.9 Å². The van der Waals surface area contributed by atoms with Crippen LogP contribution in [0.2, 0.25) is 0 Å². The molecule has 3 heteroatoms. The Bertz CT molecular complexity index is 386. The van der Waals surface area contributed by atoms with Crippen LogP contribution in [-0.2, 0) is 0 Å². The number of rotatable bonds is 2. The first-order chi connectivity index (χ1) is 8.08. The second kappa shape index (κ2) is 5.40. The molecule has 0 saturated carbocycles. The molecule has 1 aliphatic heterocycles. The molecule has 0 bridgehead atoms. The molecule has 0 aromatic heterocycles. The summed E-state index contributed by atoms with van der Waals surface area (Å²) in [5.41, 5.74) is 1.02. The van der Waals surface area contributed by atoms with Crippen LogP contribution >= 0.6 is 15.9 Å². The van der Waals surface area contributed by atoms with Crippen LogP contribution in [0.5, 0.6) is 5.75 Å². The Balaban J connectivity index is 2.13. The Labute approximate surface area is 112 Å². The summed E-state index contributed by atoms with van der Waals surface area (Å²) in [4.78, 5) is 2.46. The molecule has 17 heavy (non-hydrogen) atoms. The number of nitrogens with zero attached hydrogens (tertiary/aromatic N) is 1. The highest BCUT2D eigenvalue weighted by Crippen LogP contribution is 2.33. The normalized spacial score (nSPS) is 20.4. The minimum absolute atomic E-state index is 0.292. The minimum atomic E-state index is 0.292. The molecule has 1 atom stereocenters. The summed E-state index contributed by atoms with van der Waals surface area (Å²) < 4.78 is 1.03. The van der Waals surface area contributed by atoms with Gasteiger partial charge in [0.2, 0.25) is 0 Å². The number of halogens is 1. The van der Waals surface area contributed by atoms with Gasteiger partial charge in [-0.3, -0.25) is 4.90 Å². The Morgan fingerprint density at radius 3 is 2.65 bits per heavy atom. The maximum Gasteiger partial charge on any atom is 0.120 e. The SMILES string of the molecule is CC1CCN(C(C)c2cc(Br)ccc2O)CC1. The second-order valence-electron chi connectivity index (χ2n) is 5.10. The van der Waals surface area contributed by atoms with Gasteiger partial charge in [-0.2, -0.15) is 0 Å². The van der Waals surface area contributed by atoms with Crippen molar-refractivity contribution in [2.45, 2.75) is 32.7 Å². The van der Waals surface area contributed by atoms with E-state index in [1.165, 1.54) is 12.8 Å². The Morgan fingerprint density at radius 2 is 2.00 bits per heavy atom. The molecular weight excluding hydrogens is 278 g/mol. The molecule has 94 valence electrons. The molecule has 2 rings (SSSR count). The van der Waals surface area contributed by atoms with Crippen LogP contribution in [0.15, 0.2) is 22.7 Å². The van der Waals surface area contributed by atoms with Crippen molar-refractivity contribution in [1.82, 2.24) is 4.90 Å². The molecule has 1 heterocycles. The van der Waals surface area contributed by atoms with Gasteiger partial charge in [0.1, 0.15) is 5.75 Å². The van der Waals surface area contributed by atoms with Gasteiger partial charge in [-0.05, 0) is 57.0 Å². The molecule has 1 unspecified atom stereocenters. The first-order valence-electron chi connectivity index (χ1n) is 6.30. The number of phenols is 1. The van der Waals surface area contributed by atoms with Gasteiger partial charge < -0.3 is 5.11 Å². The van der Waals surface area contributed by atoms with Gasteiger partial charge in [-0.25, -0.2) is 0 Å². The van der Waals surface area contributed by atoms with Crippen molar-refractivity contribution in [3.63, 3.8) is 0 Å². The maximum absolute atomic E-state index is 9.94. The predicted octanol–water partition coefficient (Wildman–Crippen LogP) is 3.95. The van der Waals surface area contributed by atoms with E-state index in [2.05, 4.69) is 34.7 Å². The Hall–Kier alpha value is -0.540. The van der Waals surface area contributed by atoms with Gasteiger partial charge in [0, 0.05) is 16.1 Å². The fraction of sp³-hybridized carbons (Fsp3) is 0.571. The summed E-state index contributed by atoms with van der Waals surface area (Å²) in [6, 6.07) is 5.96. The van der Waals surface area contributed by atoms with Crippen molar-refractivity contribution in [1.29, 1.82) is 0 Å². The number of phenolic OH excluding ortho intramolecular Hbond substituents is 1. The van der Waals surface area contributed by atoms with E-state index in [0.717, 1.165) is 29.0 Å². The van der Waals surface area contributed by atoms with Crippen LogP contribution in [0, 0.1) is 5.92 Å². The number of benzene rings is 1. The molecule has 0 spiro atoms. The van der Waals surface area contributed by atoms with E-state index in [1.807, 2.05) is 12.1 Å². The quantitative estimate of drug-likeness (QED) is 0.893. The van der Waals surface area contributed by atoms with Crippen LogP contribution < -0.4 is 0 Å². The monoisotopic (exact) mass is 297 g/mol. The van der Waals surface area contributed by atoms with E-state index in [0.29, 0.717) is 11.8 Å². The molecule has 1 N–H and O–H groups in total. The van der Waals surface area contributed by atoms with Crippen LogP contribution in [-0.4, -0.2) is 23.1 Å². The highest BCUT2D eigenvalue weighted by atomic mass is 79.9. The largest absolute Gasteiger partial charge is 0.508 e. The van der Waals surface area contributed by atoms with E-state index in [9.17, 15) is 5.11 Å². The second-order valence-corrected chi connectivity index (χ2v) is 6.01. The highest BCUT2D eigenvalue weighted by molar-refractivity contribution is 9.10. The standard InChI is InChI=1S/C14H20BrNO/c1-10-5-7-16(8-6-10)11(2)13-9-12(15)3-4-14(13)17/h3-4,9-11,17H,5-8H2,1-2H3. The molecule has 1 aliphatic rings. The zero-order valence-electron chi connectivity index (χ0n) is 10.5. The fourth-order valence-corrected chi connectivity index (χ4v) is 2.85. The molecule has 0 radical (unpaired) electrons. The lowest BCUT2D eigenvalue weighted by Gasteiger charge is -2.35. The zero-order valence-corrected chi connectivity index (χ0v) is 12.1. The van der Waals surface area contributed by atoms with Gasteiger partial charge in [-0.1, -0.05) is 22.9 Å².